The van der Waals surface area contributed by atoms with E-state index in [0.29, 0.717) is 20.5 Å². The predicted molar refractivity (Wildman–Crippen MR) is 136 cm³/mol. The first-order valence-electron chi connectivity index (χ1n) is 9.98. The van der Waals surface area contributed by atoms with E-state index in [-0.39, 0.29) is 12.4 Å². The molecule has 1 saturated heterocycles. The average molecular weight is 509 g/mol. The molecule has 1 aliphatic heterocycles. The van der Waals surface area contributed by atoms with Crippen LogP contribution in [0.4, 0.5) is 11.4 Å². The largest absolute Gasteiger partial charge is 0.368 e. The first-order valence-corrected chi connectivity index (χ1v) is 12.7. The maximum Gasteiger partial charge on any atom is 0.271 e. The number of sulfonamides is 1. The summed E-state index contributed by atoms with van der Waals surface area (Å²) in [4.78, 5) is 6.76. The zero-order chi connectivity index (χ0) is 21.6. The molecule has 32 heavy (non-hydrogen) atoms. The molecule has 2 aromatic carbocycles. The lowest BCUT2D eigenvalue weighted by Gasteiger charge is -2.30. The van der Waals surface area contributed by atoms with Crippen molar-refractivity contribution >= 4 is 77.7 Å². The molecule has 10 heteroatoms. The van der Waals surface area contributed by atoms with Gasteiger partial charge in [0.25, 0.3) is 10.0 Å². The Balaban J connectivity index is 0.00000245. The van der Waals surface area contributed by atoms with Crippen LogP contribution in [0.1, 0.15) is 5.56 Å². The minimum absolute atomic E-state index is 0. The number of aryl methyl sites for hydroxylation is 1. The number of nitrogens with one attached hydrogen (secondary N) is 2. The average Bonchev–Trinajstić information content (AvgIpc) is 3.10. The monoisotopic (exact) mass is 508 g/mol. The van der Waals surface area contributed by atoms with Crippen molar-refractivity contribution in [2.75, 3.05) is 35.8 Å². The molecule has 0 saturated carbocycles. The molecule has 4 aromatic rings. The molecule has 5 rings (SSSR count). The van der Waals surface area contributed by atoms with Crippen LogP contribution in [-0.4, -0.2) is 39.6 Å². The summed E-state index contributed by atoms with van der Waals surface area (Å²) in [5.41, 5.74) is 3.14. The van der Waals surface area contributed by atoms with Gasteiger partial charge in [-0.25, -0.2) is 8.42 Å². The third kappa shape index (κ3) is 4.25. The molecule has 3 heterocycles. The van der Waals surface area contributed by atoms with Gasteiger partial charge >= 0.3 is 0 Å². The summed E-state index contributed by atoms with van der Waals surface area (Å²) in [6, 6.07) is 12.9. The van der Waals surface area contributed by atoms with Crippen molar-refractivity contribution in [2.45, 2.75) is 11.1 Å². The Morgan fingerprint density at radius 1 is 1.09 bits per heavy atom. The fraction of sp³-hybridized carbons (Fsp3) is 0.227. The highest BCUT2D eigenvalue weighted by atomic mass is 35.5. The molecular formula is C22H22Cl2N4O2S2. The highest BCUT2D eigenvalue weighted by Gasteiger charge is 2.22. The van der Waals surface area contributed by atoms with Gasteiger partial charge < -0.3 is 10.2 Å². The number of fused-ring (bicyclic) bond motifs is 2. The molecule has 168 valence electrons. The molecule has 0 atom stereocenters. The van der Waals surface area contributed by atoms with E-state index in [2.05, 4.69) is 19.9 Å². The van der Waals surface area contributed by atoms with E-state index in [1.165, 1.54) is 11.3 Å². The van der Waals surface area contributed by atoms with Crippen LogP contribution in [0.5, 0.6) is 0 Å². The van der Waals surface area contributed by atoms with Crippen molar-refractivity contribution in [3.63, 3.8) is 0 Å². The lowest BCUT2D eigenvalue weighted by molar-refractivity contribution is 0.590. The molecule has 0 amide bonds. The van der Waals surface area contributed by atoms with Crippen molar-refractivity contribution in [2.24, 2.45) is 0 Å². The van der Waals surface area contributed by atoms with Crippen molar-refractivity contribution in [3.05, 3.63) is 59.2 Å². The Hall–Kier alpha value is -2.10. The molecule has 1 fully saturated rings. The van der Waals surface area contributed by atoms with Gasteiger partial charge in [0.2, 0.25) is 0 Å². The number of piperazine rings is 1. The molecule has 0 unspecified atom stereocenters. The van der Waals surface area contributed by atoms with Crippen LogP contribution in [0.25, 0.3) is 21.0 Å². The van der Waals surface area contributed by atoms with Gasteiger partial charge in [-0.05, 0) is 60.3 Å². The summed E-state index contributed by atoms with van der Waals surface area (Å²) < 4.78 is 30.4. The highest BCUT2D eigenvalue weighted by Crippen LogP contribution is 2.37. The van der Waals surface area contributed by atoms with E-state index in [1.54, 1.807) is 18.3 Å². The summed E-state index contributed by atoms with van der Waals surface area (Å²) >= 11 is 7.36. The number of hydrogen-bond donors (Lipinski definition) is 2. The molecule has 0 radical (unpaired) electrons. The van der Waals surface area contributed by atoms with E-state index in [0.717, 1.165) is 52.9 Å². The minimum Gasteiger partial charge on any atom is -0.368 e. The number of anilines is 2. The zero-order valence-corrected chi connectivity index (χ0v) is 20.5. The summed E-state index contributed by atoms with van der Waals surface area (Å²) in [7, 11) is -3.74. The minimum atomic E-state index is -3.74. The van der Waals surface area contributed by atoms with Crippen LogP contribution in [0, 0.1) is 6.92 Å². The molecule has 2 aromatic heterocycles. The van der Waals surface area contributed by atoms with E-state index < -0.39 is 10.0 Å². The number of rotatable bonds is 4. The van der Waals surface area contributed by atoms with Crippen LogP contribution < -0.4 is 14.9 Å². The summed E-state index contributed by atoms with van der Waals surface area (Å²) in [5.74, 6) is 0. The summed E-state index contributed by atoms with van der Waals surface area (Å²) in [5, 5.41) is 5.74. The van der Waals surface area contributed by atoms with Gasteiger partial charge in [-0.1, -0.05) is 11.6 Å². The molecular weight excluding hydrogens is 487 g/mol. The molecule has 0 bridgehead atoms. The lowest BCUT2D eigenvalue weighted by Crippen LogP contribution is -2.43. The van der Waals surface area contributed by atoms with Crippen LogP contribution in [-0.2, 0) is 10.0 Å². The zero-order valence-electron chi connectivity index (χ0n) is 17.3. The lowest BCUT2D eigenvalue weighted by atomic mass is 10.1. The van der Waals surface area contributed by atoms with Crippen molar-refractivity contribution in [3.8, 4) is 0 Å². The predicted octanol–water partition coefficient (Wildman–Crippen LogP) is 5.04. The quantitative estimate of drug-likeness (QED) is 0.403. The van der Waals surface area contributed by atoms with Gasteiger partial charge in [0.15, 0.2) is 0 Å². The van der Waals surface area contributed by atoms with Crippen molar-refractivity contribution in [1.29, 1.82) is 0 Å². The van der Waals surface area contributed by atoms with E-state index >= 15 is 0 Å². The number of nitrogens with zero attached hydrogens (tertiary/aromatic N) is 2. The van der Waals surface area contributed by atoms with Gasteiger partial charge in [-0.2, -0.15) is 0 Å². The van der Waals surface area contributed by atoms with Crippen LogP contribution >= 0.6 is 35.3 Å². The molecule has 1 aliphatic rings. The van der Waals surface area contributed by atoms with Gasteiger partial charge in [-0.3, -0.25) is 9.71 Å². The Bertz CT molecular complexity index is 1400. The van der Waals surface area contributed by atoms with Crippen molar-refractivity contribution < 1.29 is 8.42 Å². The standard InChI is InChI=1S/C22H21ClN4O2S2.ClH/c1-14-17-12-15(23)2-5-21(17)30-22(14)31(28,29)26-16-3-4-19-18(13-16)20(6-7-25-19)27-10-8-24-9-11-27;/h2-7,12-13,24,26H,8-11H2,1H3;1H. The fourth-order valence-corrected chi connectivity index (χ4v) is 6.97. The third-order valence-corrected chi connectivity index (χ3v) is 9.04. The first-order chi connectivity index (χ1) is 14.9. The SMILES string of the molecule is Cc1c(S(=O)(=O)Nc2ccc3nccc(N4CCNCC4)c3c2)sc2ccc(Cl)cc12.Cl. The number of hydrogen-bond acceptors (Lipinski definition) is 6. The van der Waals surface area contributed by atoms with E-state index in [4.69, 9.17) is 11.6 Å². The van der Waals surface area contributed by atoms with Gasteiger partial charge in [0, 0.05) is 58.9 Å². The van der Waals surface area contributed by atoms with E-state index in [9.17, 15) is 8.42 Å². The van der Waals surface area contributed by atoms with Crippen molar-refractivity contribution in [1.82, 2.24) is 10.3 Å². The second-order valence-corrected chi connectivity index (χ2v) is 10.9. The number of aromatic nitrogens is 1. The second-order valence-electron chi connectivity index (χ2n) is 7.56. The molecule has 0 aliphatic carbocycles. The second kappa shape index (κ2) is 9.03. The fourth-order valence-electron chi connectivity index (χ4n) is 4.01. The van der Waals surface area contributed by atoms with Gasteiger partial charge in [-0.15, -0.1) is 23.7 Å². The number of halogens is 2. The first kappa shape index (κ1) is 23.1. The number of pyridine rings is 1. The summed E-state index contributed by atoms with van der Waals surface area (Å²) in [6.45, 7) is 5.46. The van der Waals surface area contributed by atoms with Gasteiger partial charge in [0.05, 0.1) is 5.52 Å². The Labute approximate surface area is 202 Å². The normalized spacial score (nSPS) is 14.5. The Morgan fingerprint density at radius 3 is 2.66 bits per heavy atom. The molecule has 6 nitrogen and oxygen atoms in total. The highest BCUT2D eigenvalue weighted by molar-refractivity contribution is 7.94. The van der Waals surface area contributed by atoms with Crippen LogP contribution in [0.3, 0.4) is 0 Å². The van der Waals surface area contributed by atoms with Gasteiger partial charge in [0.1, 0.15) is 4.21 Å². The number of benzene rings is 2. The third-order valence-electron chi connectivity index (χ3n) is 5.53. The summed E-state index contributed by atoms with van der Waals surface area (Å²) in [6.07, 6.45) is 1.80. The van der Waals surface area contributed by atoms with Crippen LogP contribution in [0.15, 0.2) is 52.9 Å². The molecule has 2 N–H and O–H groups in total. The maximum atomic E-state index is 13.2. The topological polar surface area (TPSA) is 74.3 Å². The Kier molecular flexibility index (Phi) is 6.51. The maximum absolute atomic E-state index is 13.2. The van der Waals surface area contributed by atoms with Crippen LogP contribution in [0.2, 0.25) is 5.02 Å². The van der Waals surface area contributed by atoms with E-state index in [1.807, 2.05) is 37.3 Å². The Morgan fingerprint density at radius 2 is 1.88 bits per heavy atom. The smallest absolute Gasteiger partial charge is 0.271 e. The number of thiophene rings is 1. The molecule has 0 spiro atoms.